The minimum absolute atomic E-state index is 0. The van der Waals surface area contributed by atoms with Gasteiger partial charge in [-0.15, -0.1) is 0 Å². The third kappa shape index (κ3) is 6.22. The first-order valence-corrected chi connectivity index (χ1v) is 20.6. The smallest absolute Gasteiger partial charge is 0.208 e. The van der Waals surface area contributed by atoms with E-state index >= 15 is 0 Å². The van der Waals surface area contributed by atoms with E-state index < -0.39 is 0 Å². The summed E-state index contributed by atoms with van der Waals surface area (Å²) in [7, 11) is 0. The molecule has 8 bridgehead atoms. The number of rotatable bonds is 0. The largest absolute Gasteiger partial charge is 2.00 e. The number of fused-ring (bicyclic) bond motifs is 16. The first kappa shape index (κ1) is 43.1. The maximum atomic E-state index is 6.82. The average molecular weight is 1130 g/mol. The molecule has 0 spiro atoms. The summed E-state index contributed by atoms with van der Waals surface area (Å²) in [6, 6.07) is 0. The second kappa shape index (κ2) is 15.3. The maximum absolute atomic E-state index is 6.82. The van der Waals surface area contributed by atoms with Gasteiger partial charge in [-0.25, -0.2) is 39.9 Å². The molecule has 57 heavy (non-hydrogen) atoms. The van der Waals surface area contributed by atoms with Crippen LogP contribution in [0.15, 0.2) is 39.9 Å². The monoisotopic (exact) mass is 1120 g/mol. The van der Waals surface area contributed by atoms with Crippen LogP contribution in [0, 0.1) is 0 Å². The Morgan fingerprint density at radius 1 is 0.158 bits per heavy atom. The molecular weight excluding hydrogens is 1130 g/mol. The van der Waals surface area contributed by atoms with Gasteiger partial charge < -0.3 is 0 Å². The van der Waals surface area contributed by atoms with E-state index in [0.717, 1.165) is 0 Å². The molecule has 0 N–H and O–H groups in total. The minimum atomic E-state index is -0.109. The van der Waals surface area contributed by atoms with E-state index in [-0.39, 0.29) is 189 Å². The van der Waals surface area contributed by atoms with Crippen LogP contribution >= 0.6 is 186 Å². The molecule has 0 saturated heterocycles. The molecular formula is C32Cl16CuN8+2. The van der Waals surface area contributed by atoms with E-state index in [1.807, 2.05) is 0 Å². The Kier molecular flexibility index (Phi) is 11.6. The third-order valence-electron chi connectivity index (χ3n) is 8.55. The number of nitrogens with zero attached hydrogens (tertiary/aromatic N) is 8. The fourth-order valence-electron chi connectivity index (χ4n) is 6.10. The van der Waals surface area contributed by atoms with Crippen LogP contribution in [0.3, 0.4) is 0 Å². The van der Waals surface area contributed by atoms with Crippen molar-refractivity contribution in [1.29, 1.82) is 0 Å². The molecule has 0 atom stereocenters. The zero-order valence-corrected chi connectivity index (χ0v) is 39.0. The Morgan fingerprint density at radius 3 is 0.333 bits per heavy atom. The number of hydrogen-bond acceptors (Lipinski definition) is 8. The fraction of sp³-hybridized carbons (Fsp3) is 0. The summed E-state index contributed by atoms with van der Waals surface area (Å²) in [5.74, 6) is -0.875. The Balaban J connectivity index is 0.00000455. The summed E-state index contributed by atoms with van der Waals surface area (Å²) < 4.78 is 0. The first-order valence-electron chi connectivity index (χ1n) is 14.6. The van der Waals surface area contributed by atoms with E-state index in [9.17, 15) is 0 Å². The fourth-order valence-corrected chi connectivity index (χ4v) is 10.2. The van der Waals surface area contributed by atoms with E-state index in [1.54, 1.807) is 0 Å². The van der Waals surface area contributed by atoms with Gasteiger partial charge in [-0.3, -0.25) is 0 Å². The second-order valence-electron chi connectivity index (χ2n) is 11.5. The van der Waals surface area contributed by atoms with Gasteiger partial charge in [0.15, 0.2) is 46.7 Å². The Morgan fingerprint density at radius 2 is 0.246 bits per heavy atom. The molecule has 289 valence electrons. The molecule has 4 aromatic carbocycles. The topological polar surface area (TPSA) is 98.9 Å². The van der Waals surface area contributed by atoms with E-state index in [1.165, 1.54) is 0 Å². The van der Waals surface area contributed by atoms with Gasteiger partial charge in [-0.05, 0) is 0 Å². The third-order valence-corrected chi connectivity index (χ3v) is 15.8. The van der Waals surface area contributed by atoms with Gasteiger partial charge in [-0.2, -0.15) is 0 Å². The molecule has 0 unspecified atom stereocenters. The normalized spacial score (nSPS) is 15.7. The van der Waals surface area contributed by atoms with Gasteiger partial charge in [-0.1, -0.05) is 186 Å². The number of aliphatic imine (C=N–C) groups is 8. The van der Waals surface area contributed by atoms with Gasteiger partial charge in [0.2, 0.25) is 0 Å². The van der Waals surface area contributed by atoms with Crippen molar-refractivity contribution in [2.75, 3.05) is 0 Å². The van der Waals surface area contributed by atoms with Crippen LogP contribution in [0.5, 0.6) is 0 Å². The van der Waals surface area contributed by atoms with Gasteiger partial charge in [0.05, 0.1) is 125 Å². The average Bonchev–Trinajstić information content (AvgIpc) is 3.92. The molecule has 1 radical (unpaired) electrons. The minimum Gasteiger partial charge on any atom is -0.208 e. The van der Waals surface area contributed by atoms with Crippen molar-refractivity contribution in [2.45, 2.75) is 0 Å². The molecule has 0 saturated carbocycles. The number of hydrogen-bond donors (Lipinski definition) is 0. The van der Waals surface area contributed by atoms with Crippen molar-refractivity contribution in [2.24, 2.45) is 39.9 Å². The van der Waals surface area contributed by atoms with Crippen molar-refractivity contribution < 1.29 is 17.1 Å². The van der Waals surface area contributed by atoms with Crippen molar-refractivity contribution in [3.8, 4) is 0 Å². The van der Waals surface area contributed by atoms with Crippen LogP contribution in [0.25, 0.3) is 0 Å². The summed E-state index contributed by atoms with van der Waals surface area (Å²) in [6.45, 7) is 0. The number of amidine groups is 8. The van der Waals surface area contributed by atoms with Gasteiger partial charge in [0, 0.05) is 0 Å². The molecule has 0 fully saturated rings. The maximum Gasteiger partial charge on any atom is 2.00 e. The Hall–Kier alpha value is -0.601. The summed E-state index contributed by atoms with van der Waals surface area (Å²) >= 11 is 107. The molecule has 5 heterocycles. The first-order chi connectivity index (χ1) is 26.4. The van der Waals surface area contributed by atoms with Gasteiger partial charge in [0.1, 0.15) is 0 Å². The van der Waals surface area contributed by atoms with Crippen LogP contribution in [0.4, 0.5) is 0 Å². The molecule has 0 aliphatic carbocycles. The summed E-state index contributed by atoms with van der Waals surface area (Å²) in [4.78, 5) is 37.7. The Bertz CT molecular complexity index is 2570. The molecule has 25 heteroatoms. The van der Waals surface area contributed by atoms with Crippen molar-refractivity contribution in [3.05, 3.63) is 125 Å². The second-order valence-corrected chi connectivity index (χ2v) is 17.6. The van der Waals surface area contributed by atoms with Crippen LogP contribution in [-0.2, 0) is 17.1 Å². The van der Waals surface area contributed by atoms with Crippen molar-refractivity contribution in [1.82, 2.24) is 0 Å². The molecule has 5 aliphatic heterocycles. The molecule has 0 amide bonds. The van der Waals surface area contributed by atoms with Gasteiger partial charge in [0.25, 0.3) is 0 Å². The van der Waals surface area contributed by atoms with Gasteiger partial charge >= 0.3 is 17.1 Å². The molecule has 4 aromatic rings. The quantitative estimate of drug-likeness (QED) is 0.0952. The summed E-state index contributed by atoms with van der Waals surface area (Å²) in [6.07, 6.45) is 0. The van der Waals surface area contributed by atoms with Crippen molar-refractivity contribution in [3.63, 3.8) is 0 Å². The van der Waals surface area contributed by atoms with Crippen LogP contribution in [0.2, 0.25) is 80.4 Å². The van der Waals surface area contributed by atoms with Crippen LogP contribution in [-0.4, -0.2) is 46.7 Å². The zero-order chi connectivity index (χ0) is 40.1. The number of halogens is 16. The molecule has 8 nitrogen and oxygen atoms in total. The molecule has 0 aromatic heterocycles. The summed E-state index contributed by atoms with van der Waals surface area (Å²) in [5, 5.41) is -1.49. The standard InChI is InChI=1S/C32Cl16N8.Cu/c33-9-1-2(10(34)18(42)17(9)41)26-49-25(1)53-27-3-4(12(36)20(44)19(43)11(3)35)29(50-27)55-31-7-8(16(40)24(48)23(47)15(7)39)32(52-31)56-30-6-5(28(51-30)54-26)13(37)21(45)22(46)14(6)38;/q;+2. The SMILES string of the molecule is Clc1c(Cl)c(Cl)c2c(c1Cl)C1=NC2=NC2=NC(=NC3=NC(=NC4=NC(=N1)c1c(Cl)c(Cl)c(Cl)c(Cl)c14)c1c(Cl)c(Cl)c(Cl)c(Cl)c13)c1c(Cl)c(Cl)c(Cl)c(Cl)c12.[Cu+2]. The summed E-state index contributed by atoms with van der Waals surface area (Å²) in [5.41, 5.74) is 0.873. The number of benzene rings is 4. The predicted octanol–water partition coefficient (Wildman–Crippen LogP) is 15.3. The van der Waals surface area contributed by atoms with Crippen LogP contribution in [0.1, 0.15) is 44.5 Å². The van der Waals surface area contributed by atoms with Crippen molar-refractivity contribution >= 4 is 232 Å². The van der Waals surface area contributed by atoms with E-state index in [0.29, 0.717) is 0 Å². The Labute approximate surface area is 409 Å². The zero-order valence-electron chi connectivity index (χ0n) is 25.9. The van der Waals surface area contributed by atoms with E-state index in [4.69, 9.17) is 206 Å². The van der Waals surface area contributed by atoms with Crippen LogP contribution < -0.4 is 0 Å². The molecule has 5 aliphatic rings. The van der Waals surface area contributed by atoms with E-state index in [2.05, 4.69) is 20.0 Å². The predicted molar refractivity (Wildman–Crippen MR) is 238 cm³/mol. The molecule has 9 rings (SSSR count).